The summed E-state index contributed by atoms with van der Waals surface area (Å²) in [5.41, 5.74) is 1.35. The Kier molecular flexibility index (Phi) is 4.43. The van der Waals surface area contributed by atoms with Gasteiger partial charge in [-0.15, -0.1) is 0 Å². The van der Waals surface area contributed by atoms with Gasteiger partial charge in [0.2, 0.25) is 0 Å². The van der Waals surface area contributed by atoms with E-state index in [1.165, 1.54) is 31.2 Å². The molecule has 0 amide bonds. The average Bonchev–Trinajstić information content (AvgIpc) is 2.35. The molecule has 1 fully saturated rings. The van der Waals surface area contributed by atoms with Gasteiger partial charge in [-0.1, -0.05) is 31.9 Å². The molecule has 0 radical (unpaired) electrons. The van der Waals surface area contributed by atoms with Crippen molar-refractivity contribution in [2.24, 2.45) is 5.92 Å². The third-order valence-electron chi connectivity index (χ3n) is 3.81. The minimum Gasteiger partial charge on any atom is -0.508 e. The number of nitrogens with one attached hydrogen (secondary N) is 1. The van der Waals surface area contributed by atoms with Crippen molar-refractivity contribution in [1.82, 2.24) is 5.32 Å². The van der Waals surface area contributed by atoms with Crippen molar-refractivity contribution in [1.29, 1.82) is 0 Å². The van der Waals surface area contributed by atoms with Crippen LogP contribution < -0.4 is 5.32 Å². The van der Waals surface area contributed by atoms with E-state index in [0.29, 0.717) is 11.8 Å². The van der Waals surface area contributed by atoms with Gasteiger partial charge >= 0.3 is 0 Å². The topological polar surface area (TPSA) is 32.3 Å². The van der Waals surface area contributed by atoms with E-state index in [9.17, 15) is 5.11 Å². The van der Waals surface area contributed by atoms with Crippen molar-refractivity contribution in [3.05, 3.63) is 29.8 Å². The van der Waals surface area contributed by atoms with Crippen LogP contribution in [0, 0.1) is 5.92 Å². The quantitative estimate of drug-likeness (QED) is 0.837. The lowest BCUT2D eigenvalue weighted by Gasteiger charge is -2.32. The number of aromatic hydroxyl groups is 1. The Bertz CT molecular complexity index is 331. The normalized spacial score (nSPS) is 24.8. The molecule has 2 heteroatoms. The van der Waals surface area contributed by atoms with Crippen molar-refractivity contribution in [3.8, 4) is 5.75 Å². The predicted molar refractivity (Wildman–Crippen MR) is 71.2 cm³/mol. The summed E-state index contributed by atoms with van der Waals surface area (Å²) in [6.07, 6.45) is 6.52. The van der Waals surface area contributed by atoms with Crippen LogP contribution in [-0.4, -0.2) is 17.7 Å². The van der Waals surface area contributed by atoms with Gasteiger partial charge in [0.15, 0.2) is 0 Å². The fraction of sp³-hybridized carbons (Fsp3) is 0.600. The lowest BCUT2D eigenvalue weighted by Crippen LogP contribution is -2.39. The SMILES string of the molecule is CCNC1CCCCC1Cc1ccc(O)cc1. The van der Waals surface area contributed by atoms with Gasteiger partial charge < -0.3 is 10.4 Å². The summed E-state index contributed by atoms with van der Waals surface area (Å²) in [7, 11) is 0. The summed E-state index contributed by atoms with van der Waals surface area (Å²) < 4.78 is 0. The van der Waals surface area contributed by atoms with Crippen LogP contribution in [0.4, 0.5) is 0 Å². The standard InChI is InChI=1S/C15H23NO/c1-2-16-15-6-4-3-5-13(15)11-12-7-9-14(17)10-8-12/h7-10,13,15-17H,2-6,11H2,1H3. The summed E-state index contributed by atoms with van der Waals surface area (Å²) in [4.78, 5) is 0. The second kappa shape index (κ2) is 6.06. The van der Waals surface area contributed by atoms with Gasteiger partial charge in [-0.2, -0.15) is 0 Å². The second-order valence-corrected chi connectivity index (χ2v) is 5.08. The second-order valence-electron chi connectivity index (χ2n) is 5.08. The maximum absolute atomic E-state index is 9.29. The van der Waals surface area contributed by atoms with Crippen LogP contribution in [0.3, 0.4) is 0 Å². The van der Waals surface area contributed by atoms with E-state index in [4.69, 9.17) is 0 Å². The zero-order chi connectivity index (χ0) is 12.1. The van der Waals surface area contributed by atoms with E-state index in [1.807, 2.05) is 12.1 Å². The Hall–Kier alpha value is -1.02. The van der Waals surface area contributed by atoms with Gasteiger partial charge in [0.1, 0.15) is 5.75 Å². The van der Waals surface area contributed by atoms with Gasteiger partial charge in [0.25, 0.3) is 0 Å². The molecule has 2 rings (SSSR count). The molecule has 2 unspecified atom stereocenters. The van der Waals surface area contributed by atoms with E-state index >= 15 is 0 Å². The van der Waals surface area contributed by atoms with Crippen LogP contribution in [-0.2, 0) is 6.42 Å². The van der Waals surface area contributed by atoms with Gasteiger partial charge in [-0.3, -0.25) is 0 Å². The molecule has 1 aliphatic rings. The smallest absolute Gasteiger partial charge is 0.115 e. The summed E-state index contributed by atoms with van der Waals surface area (Å²) >= 11 is 0. The van der Waals surface area contributed by atoms with Crippen LogP contribution in [0.5, 0.6) is 5.75 Å². The molecule has 1 aliphatic carbocycles. The van der Waals surface area contributed by atoms with Crippen LogP contribution in [0.25, 0.3) is 0 Å². The lowest BCUT2D eigenvalue weighted by molar-refractivity contribution is 0.264. The monoisotopic (exact) mass is 233 g/mol. The van der Waals surface area contributed by atoms with Crippen molar-refractivity contribution >= 4 is 0 Å². The average molecular weight is 233 g/mol. The lowest BCUT2D eigenvalue weighted by atomic mass is 9.80. The first-order chi connectivity index (χ1) is 8.29. The molecule has 0 aliphatic heterocycles. The highest BCUT2D eigenvalue weighted by atomic mass is 16.3. The third kappa shape index (κ3) is 3.47. The maximum atomic E-state index is 9.29. The Morgan fingerprint density at radius 3 is 2.59 bits per heavy atom. The van der Waals surface area contributed by atoms with Crippen molar-refractivity contribution in [2.75, 3.05) is 6.54 Å². The first-order valence-electron chi connectivity index (χ1n) is 6.81. The molecular weight excluding hydrogens is 210 g/mol. The molecule has 1 aromatic rings. The van der Waals surface area contributed by atoms with Gasteiger partial charge in [-0.05, 0) is 49.4 Å². The van der Waals surface area contributed by atoms with Crippen LogP contribution in [0.2, 0.25) is 0 Å². The number of rotatable bonds is 4. The number of hydrogen-bond acceptors (Lipinski definition) is 2. The van der Waals surface area contributed by atoms with E-state index in [-0.39, 0.29) is 0 Å². The molecule has 0 aromatic heterocycles. The molecule has 17 heavy (non-hydrogen) atoms. The molecule has 94 valence electrons. The van der Waals surface area contributed by atoms with Crippen molar-refractivity contribution in [2.45, 2.75) is 45.1 Å². The third-order valence-corrected chi connectivity index (χ3v) is 3.81. The Morgan fingerprint density at radius 2 is 1.88 bits per heavy atom. The van der Waals surface area contributed by atoms with E-state index in [2.05, 4.69) is 12.2 Å². The molecule has 1 aromatic carbocycles. The van der Waals surface area contributed by atoms with Crippen LogP contribution in [0.15, 0.2) is 24.3 Å². The molecule has 1 saturated carbocycles. The fourth-order valence-corrected chi connectivity index (χ4v) is 2.92. The number of hydrogen-bond donors (Lipinski definition) is 2. The molecular formula is C15H23NO. The molecule has 0 heterocycles. The minimum atomic E-state index is 0.362. The van der Waals surface area contributed by atoms with Crippen LogP contribution >= 0.6 is 0 Å². The van der Waals surface area contributed by atoms with Crippen molar-refractivity contribution in [3.63, 3.8) is 0 Å². The van der Waals surface area contributed by atoms with Gasteiger partial charge in [-0.25, -0.2) is 0 Å². The first kappa shape index (κ1) is 12.4. The zero-order valence-electron chi connectivity index (χ0n) is 10.7. The largest absolute Gasteiger partial charge is 0.508 e. The summed E-state index contributed by atoms with van der Waals surface area (Å²) in [6, 6.07) is 8.36. The number of benzene rings is 1. The van der Waals surface area contributed by atoms with E-state index < -0.39 is 0 Å². The molecule has 0 saturated heterocycles. The Balaban J connectivity index is 1.97. The maximum Gasteiger partial charge on any atom is 0.115 e. The van der Waals surface area contributed by atoms with Crippen molar-refractivity contribution < 1.29 is 5.11 Å². The first-order valence-corrected chi connectivity index (χ1v) is 6.81. The molecule has 2 N–H and O–H groups in total. The highest BCUT2D eigenvalue weighted by Crippen LogP contribution is 2.28. The van der Waals surface area contributed by atoms with E-state index in [0.717, 1.165) is 18.9 Å². The highest BCUT2D eigenvalue weighted by Gasteiger charge is 2.24. The van der Waals surface area contributed by atoms with E-state index in [1.54, 1.807) is 12.1 Å². The number of phenols is 1. The predicted octanol–water partition coefficient (Wildman–Crippen LogP) is 3.10. The Labute approximate surface area is 104 Å². The number of phenolic OH excluding ortho intramolecular Hbond substituents is 1. The summed E-state index contributed by atoms with van der Waals surface area (Å²) in [6.45, 7) is 3.25. The molecule has 0 spiro atoms. The Morgan fingerprint density at radius 1 is 1.18 bits per heavy atom. The molecule has 2 nitrogen and oxygen atoms in total. The fourth-order valence-electron chi connectivity index (χ4n) is 2.92. The van der Waals surface area contributed by atoms with Crippen LogP contribution in [0.1, 0.15) is 38.2 Å². The highest BCUT2D eigenvalue weighted by molar-refractivity contribution is 5.26. The summed E-state index contributed by atoms with van der Waals surface area (Å²) in [5.74, 6) is 1.12. The zero-order valence-corrected chi connectivity index (χ0v) is 10.7. The minimum absolute atomic E-state index is 0.362. The summed E-state index contributed by atoms with van der Waals surface area (Å²) in [5, 5.41) is 12.9. The van der Waals surface area contributed by atoms with Gasteiger partial charge in [0, 0.05) is 6.04 Å². The molecule has 0 bridgehead atoms. The molecule has 2 atom stereocenters. The van der Waals surface area contributed by atoms with Gasteiger partial charge in [0.05, 0.1) is 0 Å².